The summed E-state index contributed by atoms with van der Waals surface area (Å²) in [7, 11) is 4.01. The van der Waals surface area contributed by atoms with Gasteiger partial charge in [-0.05, 0) is 42.6 Å². The molecule has 166 valence electrons. The monoisotopic (exact) mass is 427 g/mol. The van der Waals surface area contributed by atoms with E-state index in [-0.39, 0.29) is 35.1 Å². The molecule has 8 nitrogen and oxygen atoms in total. The Labute approximate surface area is 177 Å². The molecule has 1 saturated heterocycles. The van der Waals surface area contributed by atoms with Crippen LogP contribution < -0.4 is 10.6 Å². The van der Waals surface area contributed by atoms with Crippen LogP contribution in [0.15, 0.2) is 0 Å². The summed E-state index contributed by atoms with van der Waals surface area (Å²) in [4.78, 5) is 26.3. The highest BCUT2D eigenvalue weighted by Crippen LogP contribution is 2.45. The number of urea groups is 1. The second-order valence-electron chi connectivity index (χ2n) is 9.49. The van der Waals surface area contributed by atoms with Gasteiger partial charge in [0.05, 0.1) is 6.61 Å². The van der Waals surface area contributed by atoms with Gasteiger partial charge in [-0.2, -0.15) is 0 Å². The number of rotatable bonds is 10. The maximum atomic E-state index is 12.5. The highest BCUT2D eigenvalue weighted by atomic mass is 28.2. The minimum Gasteiger partial charge on any atom is -0.447 e. The summed E-state index contributed by atoms with van der Waals surface area (Å²) in [6, 6.07) is 0.945. The fourth-order valence-electron chi connectivity index (χ4n) is 4.43. The van der Waals surface area contributed by atoms with Crippen LogP contribution in [0.4, 0.5) is 9.59 Å². The smallest absolute Gasteiger partial charge is 0.407 e. The maximum Gasteiger partial charge on any atom is 0.407 e. The van der Waals surface area contributed by atoms with Gasteiger partial charge in [-0.1, -0.05) is 20.8 Å². The highest BCUT2D eigenvalue weighted by molar-refractivity contribution is 6.26. The molecule has 0 aromatic rings. The maximum absolute atomic E-state index is 12.5. The molecule has 3 unspecified atom stereocenters. The number of epoxide rings is 1. The average Bonchev–Trinajstić information content (AvgIpc) is 3.44. The molecule has 1 saturated carbocycles. The topological polar surface area (TPSA) is 92.4 Å². The molecule has 0 spiro atoms. The van der Waals surface area contributed by atoms with Crippen molar-refractivity contribution in [2.24, 2.45) is 10.8 Å². The van der Waals surface area contributed by atoms with E-state index in [1.165, 1.54) is 0 Å². The van der Waals surface area contributed by atoms with Gasteiger partial charge in [-0.15, -0.1) is 0 Å². The fraction of sp³-hybridized carbons (Fsp3) is 0.900. The lowest BCUT2D eigenvalue weighted by Gasteiger charge is -2.46. The number of nitrogens with one attached hydrogen (secondary N) is 2. The van der Waals surface area contributed by atoms with Crippen LogP contribution in [0.1, 0.15) is 46.5 Å². The zero-order valence-electron chi connectivity index (χ0n) is 18.5. The van der Waals surface area contributed by atoms with E-state index in [1.54, 1.807) is 12.0 Å². The van der Waals surface area contributed by atoms with E-state index >= 15 is 0 Å². The molecule has 2 rings (SSSR count). The van der Waals surface area contributed by atoms with E-state index in [1.807, 2.05) is 7.05 Å². The van der Waals surface area contributed by atoms with Gasteiger partial charge in [0, 0.05) is 33.3 Å². The Morgan fingerprint density at radius 1 is 1.28 bits per heavy atom. The van der Waals surface area contributed by atoms with Crippen molar-refractivity contribution in [3.63, 3.8) is 0 Å². The van der Waals surface area contributed by atoms with Crippen molar-refractivity contribution in [1.82, 2.24) is 15.5 Å². The van der Waals surface area contributed by atoms with E-state index in [0.29, 0.717) is 36.1 Å². The van der Waals surface area contributed by atoms with Gasteiger partial charge in [0.1, 0.15) is 12.7 Å². The van der Waals surface area contributed by atoms with Gasteiger partial charge in [0.2, 0.25) is 9.76 Å². The van der Waals surface area contributed by atoms with Crippen LogP contribution in [0.25, 0.3) is 0 Å². The Morgan fingerprint density at radius 3 is 2.66 bits per heavy atom. The van der Waals surface area contributed by atoms with Crippen LogP contribution in [0.5, 0.6) is 0 Å². The SMILES string of the molecule is CO[Si]CCCN(C)C(=O)NCC1(C)CC(NC(=O)OCC2CO2)CC(C)(C)C1. The average molecular weight is 428 g/mol. The zero-order chi connectivity index (χ0) is 21.5. The zero-order valence-corrected chi connectivity index (χ0v) is 19.5. The van der Waals surface area contributed by atoms with Gasteiger partial charge in [0.15, 0.2) is 0 Å². The lowest BCUT2D eigenvalue weighted by Crippen LogP contribution is -2.51. The second kappa shape index (κ2) is 10.6. The van der Waals surface area contributed by atoms with Crippen molar-refractivity contribution in [1.29, 1.82) is 0 Å². The first-order chi connectivity index (χ1) is 13.6. The molecule has 2 fully saturated rings. The molecule has 1 heterocycles. The van der Waals surface area contributed by atoms with Crippen LogP contribution in [0.2, 0.25) is 6.04 Å². The van der Waals surface area contributed by atoms with Crippen molar-refractivity contribution in [3.8, 4) is 0 Å². The lowest BCUT2D eigenvalue weighted by atomic mass is 9.62. The van der Waals surface area contributed by atoms with Gasteiger partial charge < -0.3 is 29.4 Å². The number of carbonyl (C=O) groups is 2. The van der Waals surface area contributed by atoms with Crippen LogP contribution in [-0.4, -0.2) is 79.4 Å². The van der Waals surface area contributed by atoms with Gasteiger partial charge >= 0.3 is 12.1 Å². The largest absolute Gasteiger partial charge is 0.447 e. The quantitative estimate of drug-likeness (QED) is 0.317. The van der Waals surface area contributed by atoms with Crippen molar-refractivity contribution >= 4 is 21.9 Å². The number of carbonyl (C=O) groups excluding carboxylic acids is 2. The molecular weight excluding hydrogens is 390 g/mol. The minimum atomic E-state index is -0.383. The molecule has 3 atom stereocenters. The Balaban J connectivity index is 1.80. The minimum absolute atomic E-state index is 0.0287. The van der Waals surface area contributed by atoms with Gasteiger partial charge in [-0.25, -0.2) is 9.59 Å². The summed E-state index contributed by atoms with van der Waals surface area (Å²) in [5.74, 6) is 0. The molecule has 9 heteroatoms. The van der Waals surface area contributed by atoms with Crippen molar-refractivity contribution < 1.29 is 23.5 Å². The summed E-state index contributed by atoms with van der Waals surface area (Å²) < 4.78 is 15.4. The first-order valence-electron chi connectivity index (χ1n) is 10.4. The third kappa shape index (κ3) is 8.92. The Bertz CT molecular complexity index is 558. The summed E-state index contributed by atoms with van der Waals surface area (Å²) in [5.41, 5.74) is -0.0184. The van der Waals surface area contributed by atoms with Crippen molar-refractivity contribution in [2.45, 2.75) is 64.6 Å². The fourth-order valence-corrected chi connectivity index (χ4v) is 4.93. The molecule has 0 aromatic carbocycles. The molecule has 2 aliphatic rings. The van der Waals surface area contributed by atoms with E-state index in [4.69, 9.17) is 13.9 Å². The molecule has 2 radical (unpaired) electrons. The van der Waals surface area contributed by atoms with Crippen LogP contribution in [0.3, 0.4) is 0 Å². The van der Waals surface area contributed by atoms with Gasteiger partial charge in [-0.3, -0.25) is 0 Å². The van der Waals surface area contributed by atoms with Crippen LogP contribution in [-0.2, 0) is 13.9 Å². The van der Waals surface area contributed by atoms with E-state index in [9.17, 15) is 9.59 Å². The van der Waals surface area contributed by atoms with E-state index in [2.05, 4.69) is 31.4 Å². The lowest BCUT2D eigenvalue weighted by molar-refractivity contribution is 0.0646. The summed E-state index contributed by atoms with van der Waals surface area (Å²) in [6.07, 6.45) is 3.31. The predicted octanol–water partition coefficient (Wildman–Crippen LogP) is 2.41. The Hall–Kier alpha value is -1.32. The number of nitrogens with zero attached hydrogens (tertiary/aromatic N) is 1. The Morgan fingerprint density at radius 2 is 2.00 bits per heavy atom. The van der Waals surface area contributed by atoms with Crippen molar-refractivity contribution in [2.75, 3.05) is 40.5 Å². The van der Waals surface area contributed by atoms with Crippen LogP contribution in [0, 0.1) is 10.8 Å². The van der Waals surface area contributed by atoms with Crippen molar-refractivity contribution in [3.05, 3.63) is 0 Å². The molecule has 1 aliphatic heterocycles. The first kappa shape index (κ1) is 24.0. The molecule has 0 aromatic heterocycles. The number of amides is 3. The Kier molecular flexibility index (Phi) is 8.78. The summed E-state index contributed by atoms with van der Waals surface area (Å²) in [6.45, 7) is 8.90. The predicted molar refractivity (Wildman–Crippen MR) is 112 cm³/mol. The molecule has 2 N–H and O–H groups in total. The summed E-state index contributed by atoms with van der Waals surface area (Å²) >= 11 is 0. The number of ether oxygens (including phenoxy) is 2. The molecule has 1 aliphatic carbocycles. The highest BCUT2D eigenvalue weighted by Gasteiger charge is 2.42. The van der Waals surface area contributed by atoms with E-state index < -0.39 is 0 Å². The third-order valence-corrected chi connectivity index (χ3v) is 6.34. The number of hydrogen-bond donors (Lipinski definition) is 2. The van der Waals surface area contributed by atoms with E-state index in [0.717, 1.165) is 31.7 Å². The molecular formula is C20H37N3O5Si. The van der Waals surface area contributed by atoms with Gasteiger partial charge in [0.25, 0.3) is 0 Å². The molecule has 0 bridgehead atoms. The molecule has 3 amide bonds. The normalized spacial score (nSPS) is 27.8. The summed E-state index contributed by atoms with van der Waals surface area (Å²) in [5, 5.41) is 6.10. The second-order valence-corrected chi connectivity index (χ2v) is 10.7. The standard InChI is InChI=1S/C20H37N3O5Si/c1-19(2)9-15(22-18(25)28-12-16-11-27-16)10-20(3,13-19)14-21-17(24)23(4)7-6-8-29-26-5/h15-16H,6-14H2,1-5H3,(H,21,24)(H,22,25). The first-order valence-corrected chi connectivity index (χ1v) is 11.5. The van der Waals surface area contributed by atoms with Crippen LogP contribution >= 0.6 is 0 Å². The molecule has 29 heavy (non-hydrogen) atoms. The number of hydrogen-bond acceptors (Lipinski definition) is 5. The number of alkyl carbamates (subject to hydrolysis) is 1. The third-order valence-electron chi connectivity index (χ3n) is 5.50.